The first-order valence-electron chi connectivity index (χ1n) is 10.0. The molecule has 0 radical (unpaired) electrons. The molecule has 2 aromatic rings. The molecule has 0 bridgehead atoms. The monoisotopic (exact) mass is 364 g/mol. The van der Waals surface area contributed by atoms with Crippen LogP contribution in [0.5, 0.6) is 0 Å². The molecule has 1 spiro atoms. The van der Waals surface area contributed by atoms with E-state index in [0.29, 0.717) is 6.04 Å². The zero-order chi connectivity index (χ0) is 18.3. The summed E-state index contributed by atoms with van der Waals surface area (Å²) in [7, 11) is 0. The minimum Gasteiger partial charge on any atom is -0.392 e. The maximum absolute atomic E-state index is 10.3. The van der Waals surface area contributed by atoms with Crippen molar-refractivity contribution < 1.29 is 5.11 Å². The fourth-order valence-electron chi connectivity index (χ4n) is 5.41. The summed E-state index contributed by atoms with van der Waals surface area (Å²) in [5.74, 6) is 0. The molecule has 3 aliphatic rings. The van der Waals surface area contributed by atoms with Gasteiger partial charge in [-0.25, -0.2) is 0 Å². The lowest BCUT2D eigenvalue weighted by Gasteiger charge is -2.61. The first-order valence-corrected chi connectivity index (χ1v) is 10.0. The van der Waals surface area contributed by atoms with Crippen molar-refractivity contribution in [2.24, 2.45) is 0 Å². The lowest BCUT2D eigenvalue weighted by molar-refractivity contribution is -0.118. The number of aliphatic hydroxyl groups is 1. The average Bonchev–Trinajstić information content (AvgIpc) is 3.03. The number of aliphatic hydroxyl groups excluding tert-OH is 1. The Bertz CT molecular complexity index is 762. The van der Waals surface area contributed by atoms with Crippen LogP contribution in [0.3, 0.4) is 0 Å². The van der Waals surface area contributed by atoms with Gasteiger partial charge in [-0.1, -0.05) is 36.4 Å². The molecule has 1 aromatic heterocycles. The van der Waals surface area contributed by atoms with E-state index in [1.165, 1.54) is 11.1 Å². The molecule has 5 heteroatoms. The van der Waals surface area contributed by atoms with Gasteiger partial charge in [-0.3, -0.25) is 19.7 Å². The van der Waals surface area contributed by atoms with Crippen LogP contribution in [0.25, 0.3) is 0 Å². The van der Waals surface area contributed by atoms with Gasteiger partial charge in [-0.15, -0.1) is 0 Å². The van der Waals surface area contributed by atoms with Gasteiger partial charge in [-0.2, -0.15) is 0 Å². The van der Waals surface area contributed by atoms with Crippen molar-refractivity contribution in [3.8, 4) is 0 Å². The molecule has 5 rings (SSSR count). The number of β-amino-alcohol motifs (C(OH)–C–C–N with tert-alkyl or cyclic N) is 1. The summed E-state index contributed by atoms with van der Waals surface area (Å²) in [6.07, 6.45) is 4.55. The molecule has 142 valence electrons. The Kier molecular flexibility index (Phi) is 4.48. The second kappa shape index (κ2) is 6.99. The molecule has 1 aromatic carbocycles. The molecule has 5 nitrogen and oxygen atoms in total. The van der Waals surface area contributed by atoms with E-state index in [1.54, 1.807) is 0 Å². The van der Waals surface area contributed by atoms with Crippen LogP contribution in [-0.4, -0.2) is 75.2 Å². The zero-order valence-electron chi connectivity index (χ0n) is 15.7. The number of fused-ring (bicyclic) bond motifs is 2. The third kappa shape index (κ3) is 3.41. The number of aromatic nitrogens is 1. The van der Waals surface area contributed by atoms with Gasteiger partial charge in [0.1, 0.15) is 0 Å². The van der Waals surface area contributed by atoms with Gasteiger partial charge in [0.25, 0.3) is 0 Å². The van der Waals surface area contributed by atoms with E-state index in [9.17, 15) is 5.11 Å². The van der Waals surface area contributed by atoms with E-state index in [4.69, 9.17) is 0 Å². The van der Waals surface area contributed by atoms with Crippen LogP contribution in [-0.2, 0) is 13.1 Å². The Morgan fingerprint density at radius 3 is 2.44 bits per heavy atom. The first kappa shape index (κ1) is 17.3. The van der Waals surface area contributed by atoms with Crippen LogP contribution in [0.15, 0.2) is 54.9 Å². The summed E-state index contributed by atoms with van der Waals surface area (Å²) in [5.41, 5.74) is 2.85. The van der Waals surface area contributed by atoms with Gasteiger partial charge in [0.05, 0.1) is 11.6 Å². The highest BCUT2D eigenvalue weighted by atomic mass is 16.3. The van der Waals surface area contributed by atoms with E-state index in [2.05, 4.69) is 56.1 Å². The van der Waals surface area contributed by atoms with Gasteiger partial charge in [-0.05, 0) is 23.6 Å². The number of nitrogens with zero attached hydrogens (tertiary/aromatic N) is 4. The summed E-state index contributed by atoms with van der Waals surface area (Å²) in [5, 5.41) is 10.3. The SMILES string of the molecule is OC1CC2CN(Cc3cccnc3)CC3(CN(Cc4ccccc4)C3)N2C1. The number of hydrogen-bond acceptors (Lipinski definition) is 5. The van der Waals surface area contributed by atoms with Crippen LogP contribution in [0, 0.1) is 0 Å². The Hall–Kier alpha value is -1.79. The molecule has 4 heterocycles. The Morgan fingerprint density at radius 1 is 0.926 bits per heavy atom. The zero-order valence-corrected chi connectivity index (χ0v) is 15.7. The molecule has 3 saturated heterocycles. The molecule has 3 aliphatic heterocycles. The Morgan fingerprint density at radius 2 is 1.67 bits per heavy atom. The number of hydrogen-bond donors (Lipinski definition) is 1. The van der Waals surface area contributed by atoms with Crippen LogP contribution in [0.1, 0.15) is 17.5 Å². The second-order valence-corrected chi connectivity index (χ2v) is 8.58. The quantitative estimate of drug-likeness (QED) is 0.892. The lowest BCUT2D eigenvalue weighted by Crippen LogP contribution is -2.77. The first-order chi connectivity index (χ1) is 13.2. The molecule has 2 atom stereocenters. The minimum absolute atomic E-state index is 0.173. The standard InChI is InChI=1S/C22H28N4O/c27-21-9-20-13-24(12-19-7-4-8-23-10-19)15-22(26(20)14-21)16-25(17-22)11-18-5-2-1-3-6-18/h1-8,10,20-21,27H,9,11-17H2. The third-order valence-electron chi connectivity index (χ3n) is 6.40. The number of piperazine rings is 1. The molecular formula is C22H28N4O. The van der Waals surface area contributed by atoms with Crippen LogP contribution >= 0.6 is 0 Å². The van der Waals surface area contributed by atoms with Crippen molar-refractivity contribution in [1.82, 2.24) is 19.7 Å². The fraction of sp³-hybridized carbons (Fsp3) is 0.500. The maximum atomic E-state index is 10.3. The second-order valence-electron chi connectivity index (χ2n) is 8.58. The fourth-order valence-corrected chi connectivity index (χ4v) is 5.41. The number of benzene rings is 1. The minimum atomic E-state index is -0.173. The van der Waals surface area contributed by atoms with Crippen molar-refractivity contribution in [1.29, 1.82) is 0 Å². The van der Waals surface area contributed by atoms with Crippen molar-refractivity contribution in [3.63, 3.8) is 0 Å². The number of rotatable bonds is 4. The molecule has 0 aliphatic carbocycles. The highest BCUT2D eigenvalue weighted by Crippen LogP contribution is 2.39. The Labute approximate surface area is 161 Å². The van der Waals surface area contributed by atoms with Crippen molar-refractivity contribution in [2.45, 2.75) is 37.2 Å². The Balaban J connectivity index is 1.30. The smallest absolute Gasteiger partial charge is 0.0682 e. The van der Waals surface area contributed by atoms with E-state index < -0.39 is 0 Å². The van der Waals surface area contributed by atoms with Crippen LogP contribution in [0.4, 0.5) is 0 Å². The van der Waals surface area contributed by atoms with Crippen molar-refractivity contribution >= 4 is 0 Å². The molecule has 0 amide bonds. The highest BCUT2D eigenvalue weighted by Gasteiger charge is 2.55. The normalized spacial score (nSPS) is 28.2. The predicted molar refractivity (Wildman–Crippen MR) is 105 cm³/mol. The predicted octanol–water partition coefficient (Wildman–Crippen LogP) is 1.59. The summed E-state index contributed by atoms with van der Waals surface area (Å²) < 4.78 is 0. The summed E-state index contributed by atoms with van der Waals surface area (Å²) in [6.45, 7) is 7.12. The van der Waals surface area contributed by atoms with E-state index in [1.807, 2.05) is 18.5 Å². The maximum Gasteiger partial charge on any atom is 0.0682 e. The van der Waals surface area contributed by atoms with Crippen molar-refractivity contribution in [2.75, 3.05) is 32.7 Å². The highest BCUT2D eigenvalue weighted by molar-refractivity contribution is 5.19. The third-order valence-corrected chi connectivity index (χ3v) is 6.40. The molecule has 27 heavy (non-hydrogen) atoms. The molecule has 1 N–H and O–H groups in total. The largest absolute Gasteiger partial charge is 0.392 e. The van der Waals surface area contributed by atoms with E-state index in [0.717, 1.165) is 52.2 Å². The summed E-state index contributed by atoms with van der Waals surface area (Å²) >= 11 is 0. The van der Waals surface area contributed by atoms with Crippen LogP contribution in [0.2, 0.25) is 0 Å². The molecule has 3 fully saturated rings. The van der Waals surface area contributed by atoms with E-state index >= 15 is 0 Å². The van der Waals surface area contributed by atoms with Crippen molar-refractivity contribution in [3.05, 3.63) is 66.0 Å². The summed E-state index contributed by atoms with van der Waals surface area (Å²) in [4.78, 5) is 12.0. The van der Waals surface area contributed by atoms with Gasteiger partial charge in [0.15, 0.2) is 0 Å². The number of likely N-dealkylation sites (tertiary alicyclic amines) is 1. The van der Waals surface area contributed by atoms with Crippen LogP contribution < -0.4 is 0 Å². The number of pyridine rings is 1. The molecule has 2 unspecified atom stereocenters. The molecule has 0 saturated carbocycles. The molecular weight excluding hydrogens is 336 g/mol. The summed E-state index contributed by atoms with van der Waals surface area (Å²) in [6, 6.07) is 15.4. The topological polar surface area (TPSA) is 42.8 Å². The lowest BCUT2D eigenvalue weighted by atomic mass is 9.83. The van der Waals surface area contributed by atoms with Gasteiger partial charge in [0.2, 0.25) is 0 Å². The average molecular weight is 364 g/mol. The van der Waals surface area contributed by atoms with E-state index in [-0.39, 0.29) is 11.6 Å². The van der Waals surface area contributed by atoms with Gasteiger partial charge in [0, 0.05) is 64.2 Å². The van der Waals surface area contributed by atoms with Gasteiger partial charge < -0.3 is 5.11 Å². The van der Waals surface area contributed by atoms with Gasteiger partial charge >= 0.3 is 0 Å².